The lowest BCUT2D eigenvalue weighted by Gasteiger charge is -2.02. The molecule has 0 aliphatic rings. The predicted molar refractivity (Wildman–Crippen MR) is 56.7 cm³/mol. The van der Waals surface area contributed by atoms with Crippen molar-refractivity contribution in [2.75, 3.05) is 5.73 Å². The normalized spacial score (nSPS) is 10.7. The van der Waals surface area contributed by atoms with E-state index >= 15 is 0 Å². The van der Waals surface area contributed by atoms with Gasteiger partial charge in [-0.3, -0.25) is 14.3 Å². The number of nitrogens with two attached hydrogens (primary N) is 1. The van der Waals surface area contributed by atoms with E-state index in [4.69, 9.17) is 5.73 Å². The Morgan fingerprint density at radius 1 is 1.53 bits per heavy atom. The van der Waals surface area contributed by atoms with Crippen molar-refractivity contribution in [1.82, 2.24) is 14.5 Å². The van der Waals surface area contributed by atoms with E-state index in [0.717, 1.165) is 4.57 Å². The van der Waals surface area contributed by atoms with Crippen molar-refractivity contribution in [2.45, 2.75) is 13.5 Å². The van der Waals surface area contributed by atoms with Gasteiger partial charge in [0.05, 0.1) is 17.3 Å². The zero-order valence-electron chi connectivity index (χ0n) is 8.15. The van der Waals surface area contributed by atoms with Crippen molar-refractivity contribution >= 4 is 16.7 Å². The summed E-state index contributed by atoms with van der Waals surface area (Å²) in [6, 6.07) is 1.51. The van der Waals surface area contributed by atoms with Gasteiger partial charge in [-0.2, -0.15) is 0 Å². The van der Waals surface area contributed by atoms with Crippen molar-refractivity contribution in [3.05, 3.63) is 33.1 Å². The molecular formula is C9H10N4O2. The van der Waals surface area contributed by atoms with E-state index in [9.17, 15) is 9.59 Å². The number of anilines is 1. The van der Waals surface area contributed by atoms with E-state index in [-0.39, 0.29) is 11.2 Å². The van der Waals surface area contributed by atoms with Gasteiger partial charge < -0.3 is 5.73 Å². The molecule has 0 saturated carbocycles. The molecule has 0 atom stereocenters. The van der Waals surface area contributed by atoms with Crippen molar-refractivity contribution < 1.29 is 0 Å². The molecule has 2 rings (SSSR count). The van der Waals surface area contributed by atoms with E-state index in [1.807, 2.05) is 0 Å². The Bertz CT molecular complexity index is 626. The van der Waals surface area contributed by atoms with Crippen LogP contribution in [0.3, 0.4) is 0 Å². The minimum Gasteiger partial charge on any atom is -0.397 e. The molecule has 0 aliphatic carbocycles. The van der Waals surface area contributed by atoms with Crippen LogP contribution in [0.25, 0.3) is 11.0 Å². The average molecular weight is 206 g/mol. The molecule has 2 aromatic rings. The van der Waals surface area contributed by atoms with Crippen LogP contribution < -0.4 is 17.0 Å². The highest BCUT2D eigenvalue weighted by molar-refractivity contribution is 5.76. The van der Waals surface area contributed by atoms with Gasteiger partial charge in [-0.15, -0.1) is 0 Å². The fraction of sp³-hybridized carbons (Fsp3) is 0.222. The first-order valence-corrected chi connectivity index (χ1v) is 4.52. The number of fused-ring (bicyclic) bond motifs is 1. The molecule has 0 aliphatic heterocycles. The number of aromatic nitrogens is 3. The number of hydrogen-bond donors (Lipinski definition) is 2. The molecule has 0 aromatic carbocycles. The van der Waals surface area contributed by atoms with Crippen molar-refractivity contribution in [3.8, 4) is 0 Å². The maximum absolute atomic E-state index is 11.8. The van der Waals surface area contributed by atoms with Crippen LogP contribution in [0.2, 0.25) is 0 Å². The summed E-state index contributed by atoms with van der Waals surface area (Å²) < 4.78 is 1.10. The highest BCUT2D eigenvalue weighted by Gasteiger charge is 2.06. The third kappa shape index (κ3) is 1.39. The number of nitrogens with one attached hydrogen (secondary N) is 1. The molecule has 0 spiro atoms. The van der Waals surface area contributed by atoms with Crippen LogP contribution in [0.1, 0.15) is 6.92 Å². The molecule has 0 unspecified atom stereocenters. The van der Waals surface area contributed by atoms with E-state index < -0.39 is 5.69 Å². The number of nitrogens with zero attached hydrogens (tertiary/aromatic N) is 2. The molecule has 6 nitrogen and oxygen atoms in total. The maximum atomic E-state index is 11.8. The van der Waals surface area contributed by atoms with Gasteiger partial charge in [0.25, 0.3) is 5.56 Å². The Labute approximate surface area is 84.4 Å². The summed E-state index contributed by atoms with van der Waals surface area (Å²) in [6.45, 7) is 2.04. The number of aromatic amines is 1. The Balaban J connectivity index is 2.99. The first kappa shape index (κ1) is 9.45. The monoisotopic (exact) mass is 206 g/mol. The van der Waals surface area contributed by atoms with Gasteiger partial charge in [-0.1, -0.05) is 0 Å². The van der Waals surface area contributed by atoms with Gasteiger partial charge in [-0.25, -0.2) is 9.78 Å². The minimum absolute atomic E-state index is 0.268. The Morgan fingerprint density at radius 3 is 2.93 bits per heavy atom. The van der Waals surface area contributed by atoms with Crippen LogP contribution in [0, 0.1) is 0 Å². The molecule has 2 heterocycles. The molecule has 78 valence electrons. The largest absolute Gasteiger partial charge is 0.397 e. The van der Waals surface area contributed by atoms with Crippen molar-refractivity contribution in [3.63, 3.8) is 0 Å². The molecular weight excluding hydrogens is 196 g/mol. The van der Waals surface area contributed by atoms with Gasteiger partial charge in [0.15, 0.2) is 0 Å². The number of H-pyrrole nitrogens is 1. The molecule has 15 heavy (non-hydrogen) atoms. The summed E-state index contributed by atoms with van der Waals surface area (Å²) in [5.41, 5.74) is 5.37. The van der Waals surface area contributed by atoms with Gasteiger partial charge in [0.1, 0.15) is 5.65 Å². The van der Waals surface area contributed by atoms with Gasteiger partial charge >= 0.3 is 5.69 Å². The van der Waals surface area contributed by atoms with Crippen LogP contribution in [-0.2, 0) is 6.54 Å². The second-order valence-electron chi connectivity index (χ2n) is 3.14. The first-order chi connectivity index (χ1) is 7.13. The van der Waals surface area contributed by atoms with E-state index in [2.05, 4.69) is 9.97 Å². The molecule has 6 heteroatoms. The molecule has 0 radical (unpaired) electrons. The number of rotatable bonds is 1. The standard InChI is InChI=1S/C9H10N4O2/c1-2-13-8(14)6-3-5(10)4-11-7(6)12-9(13)15/h3-4H,2,10H2,1H3,(H,11,12,15). The minimum atomic E-state index is -0.452. The number of nitrogen functional groups attached to an aromatic ring is 1. The van der Waals surface area contributed by atoms with Crippen LogP contribution in [-0.4, -0.2) is 14.5 Å². The highest BCUT2D eigenvalue weighted by atomic mass is 16.2. The zero-order chi connectivity index (χ0) is 11.0. The quantitative estimate of drug-likeness (QED) is 0.669. The van der Waals surface area contributed by atoms with E-state index in [0.29, 0.717) is 17.6 Å². The SMILES string of the molecule is CCn1c(=O)[nH]c2ncc(N)cc2c1=O. The van der Waals surface area contributed by atoms with Gasteiger partial charge in [0.2, 0.25) is 0 Å². The van der Waals surface area contributed by atoms with Crippen molar-refractivity contribution in [2.24, 2.45) is 0 Å². The average Bonchev–Trinajstić information content (AvgIpc) is 2.20. The second kappa shape index (κ2) is 3.23. The smallest absolute Gasteiger partial charge is 0.329 e. The molecule has 0 saturated heterocycles. The first-order valence-electron chi connectivity index (χ1n) is 4.52. The fourth-order valence-corrected chi connectivity index (χ4v) is 1.44. The van der Waals surface area contributed by atoms with Gasteiger partial charge in [0, 0.05) is 6.54 Å². The molecule has 0 fully saturated rings. The summed E-state index contributed by atoms with van der Waals surface area (Å²) in [4.78, 5) is 29.6. The number of pyridine rings is 1. The summed E-state index contributed by atoms with van der Waals surface area (Å²) in [7, 11) is 0. The third-order valence-corrected chi connectivity index (χ3v) is 2.17. The summed E-state index contributed by atoms with van der Waals surface area (Å²) in [5, 5.41) is 0.330. The van der Waals surface area contributed by atoms with Crippen LogP contribution in [0.5, 0.6) is 0 Å². The third-order valence-electron chi connectivity index (χ3n) is 2.17. The Morgan fingerprint density at radius 2 is 2.27 bits per heavy atom. The molecule has 2 aromatic heterocycles. The lowest BCUT2D eigenvalue weighted by atomic mass is 10.3. The van der Waals surface area contributed by atoms with Gasteiger partial charge in [-0.05, 0) is 13.0 Å². The predicted octanol–water partition coefficient (Wildman–Crippen LogP) is -0.313. The Hall–Kier alpha value is -2.11. The lowest BCUT2D eigenvalue weighted by Crippen LogP contribution is -2.34. The Kier molecular flexibility index (Phi) is 2.03. The second-order valence-corrected chi connectivity index (χ2v) is 3.14. The fourth-order valence-electron chi connectivity index (χ4n) is 1.44. The summed E-state index contributed by atoms with van der Waals surface area (Å²) >= 11 is 0. The highest BCUT2D eigenvalue weighted by Crippen LogP contribution is 2.05. The lowest BCUT2D eigenvalue weighted by molar-refractivity contribution is 0.683. The molecule has 0 amide bonds. The molecule has 3 N–H and O–H groups in total. The number of hydrogen-bond acceptors (Lipinski definition) is 4. The topological polar surface area (TPSA) is 93.8 Å². The van der Waals surface area contributed by atoms with Crippen molar-refractivity contribution in [1.29, 1.82) is 0 Å². The zero-order valence-corrected chi connectivity index (χ0v) is 8.15. The van der Waals surface area contributed by atoms with E-state index in [1.54, 1.807) is 6.92 Å². The summed E-state index contributed by atoms with van der Waals surface area (Å²) in [5.74, 6) is 0. The van der Waals surface area contributed by atoms with Crippen LogP contribution in [0.4, 0.5) is 5.69 Å². The molecule has 0 bridgehead atoms. The maximum Gasteiger partial charge on any atom is 0.329 e. The summed E-state index contributed by atoms with van der Waals surface area (Å²) in [6.07, 6.45) is 1.40. The van der Waals surface area contributed by atoms with Crippen LogP contribution in [0.15, 0.2) is 21.9 Å². The van der Waals surface area contributed by atoms with Crippen LogP contribution >= 0.6 is 0 Å². The van der Waals surface area contributed by atoms with E-state index in [1.165, 1.54) is 12.3 Å².